The molecule has 0 saturated heterocycles. The number of alkyl halides is 2. The molecule has 26 heavy (non-hydrogen) atoms. The van der Waals surface area contributed by atoms with Crippen LogP contribution in [0.1, 0.15) is 35.6 Å². The number of halogens is 3. The quantitative estimate of drug-likeness (QED) is 0.825. The van der Waals surface area contributed by atoms with Gasteiger partial charge in [-0.2, -0.15) is 0 Å². The van der Waals surface area contributed by atoms with Crippen molar-refractivity contribution in [3.63, 3.8) is 0 Å². The predicted octanol–water partition coefficient (Wildman–Crippen LogP) is 3.57. The number of carbonyl (C=O) groups is 1. The number of amides is 1. The average molecular weight is 362 g/mol. The summed E-state index contributed by atoms with van der Waals surface area (Å²) in [4.78, 5) is 12.6. The standard InChI is InChI=1S/C20H21F3N2O/c1-12(13-6-8-15(21)9-7-13)20(26)25-17-10-14-4-2-3-5-16(14)19(17)24-11-18(22)23/h2-9,12,17-19,24H,10-11H2,1H3,(H,25,26)/t12?,17-,19-/m1/s1. The number of carbonyl (C=O) groups excluding carboxylic acids is 1. The molecule has 3 atom stereocenters. The van der Waals surface area contributed by atoms with E-state index in [1.807, 2.05) is 24.3 Å². The lowest BCUT2D eigenvalue weighted by atomic mass is 9.99. The molecule has 0 spiro atoms. The lowest BCUT2D eigenvalue weighted by Crippen LogP contribution is -2.45. The molecule has 1 amide bonds. The third-order valence-electron chi connectivity index (χ3n) is 4.82. The van der Waals surface area contributed by atoms with Crippen LogP contribution in [0.4, 0.5) is 13.2 Å². The van der Waals surface area contributed by atoms with Crippen molar-refractivity contribution in [2.75, 3.05) is 6.54 Å². The van der Waals surface area contributed by atoms with E-state index in [9.17, 15) is 18.0 Å². The van der Waals surface area contributed by atoms with Gasteiger partial charge in [-0.1, -0.05) is 36.4 Å². The molecule has 0 aliphatic heterocycles. The van der Waals surface area contributed by atoms with Gasteiger partial charge in [-0.3, -0.25) is 4.79 Å². The maximum atomic E-state index is 13.1. The summed E-state index contributed by atoms with van der Waals surface area (Å²) in [6.45, 7) is 1.31. The first-order chi connectivity index (χ1) is 12.5. The van der Waals surface area contributed by atoms with Crippen molar-refractivity contribution in [2.45, 2.75) is 37.8 Å². The van der Waals surface area contributed by atoms with Gasteiger partial charge < -0.3 is 10.6 Å². The molecule has 0 fully saturated rings. The van der Waals surface area contributed by atoms with Crippen LogP contribution in [0.5, 0.6) is 0 Å². The van der Waals surface area contributed by atoms with Crippen LogP contribution in [0.3, 0.4) is 0 Å². The molecule has 0 bridgehead atoms. The summed E-state index contributed by atoms with van der Waals surface area (Å²) in [5.41, 5.74) is 2.68. The van der Waals surface area contributed by atoms with E-state index in [0.29, 0.717) is 12.0 Å². The third kappa shape index (κ3) is 4.07. The molecule has 2 aromatic rings. The molecule has 2 aromatic carbocycles. The Morgan fingerprint density at radius 3 is 2.54 bits per heavy atom. The minimum absolute atomic E-state index is 0.210. The summed E-state index contributed by atoms with van der Waals surface area (Å²) < 4.78 is 38.4. The van der Waals surface area contributed by atoms with Gasteiger partial charge in [0, 0.05) is 0 Å². The largest absolute Gasteiger partial charge is 0.351 e. The zero-order chi connectivity index (χ0) is 18.7. The highest BCUT2D eigenvalue weighted by molar-refractivity contribution is 5.83. The second kappa shape index (κ2) is 7.91. The topological polar surface area (TPSA) is 41.1 Å². The van der Waals surface area contributed by atoms with Gasteiger partial charge in [-0.05, 0) is 42.2 Å². The van der Waals surface area contributed by atoms with E-state index >= 15 is 0 Å². The van der Waals surface area contributed by atoms with E-state index in [-0.39, 0.29) is 23.8 Å². The van der Waals surface area contributed by atoms with Crippen LogP contribution < -0.4 is 10.6 Å². The van der Waals surface area contributed by atoms with Gasteiger partial charge >= 0.3 is 0 Å². The van der Waals surface area contributed by atoms with Crippen LogP contribution in [-0.4, -0.2) is 24.9 Å². The normalized spacial score (nSPS) is 20.0. The zero-order valence-electron chi connectivity index (χ0n) is 14.4. The van der Waals surface area contributed by atoms with Gasteiger partial charge in [0.05, 0.1) is 24.5 Å². The van der Waals surface area contributed by atoms with Crippen molar-refractivity contribution in [2.24, 2.45) is 0 Å². The van der Waals surface area contributed by atoms with Gasteiger partial charge in [0.25, 0.3) is 6.43 Å². The smallest absolute Gasteiger partial charge is 0.250 e. The van der Waals surface area contributed by atoms with E-state index in [4.69, 9.17) is 0 Å². The highest BCUT2D eigenvalue weighted by Gasteiger charge is 2.34. The number of hydrogen-bond acceptors (Lipinski definition) is 2. The number of fused-ring (bicyclic) bond motifs is 1. The Morgan fingerprint density at radius 2 is 1.85 bits per heavy atom. The van der Waals surface area contributed by atoms with Crippen molar-refractivity contribution in [1.29, 1.82) is 0 Å². The van der Waals surface area contributed by atoms with Gasteiger partial charge in [-0.15, -0.1) is 0 Å². The van der Waals surface area contributed by atoms with Gasteiger partial charge in [-0.25, -0.2) is 13.2 Å². The van der Waals surface area contributed by atoms with Crippen LogP contribution in [0.25, 0.3) is 0 Å². The molecule has 1 unspecified atom stereocenters. The summed E-state index contributed by atoms with van der Waals surface area (Å²) in [6.07, 6.45) is -1.88. The Balaban J connectivity index is 1.72. The number of rotatable bonds is 6. The third-order valence-corrected chi connectivity index (χ3v) is 4.82. The molecule has 0 radical (unpaired) electrons. The minimum Gasteiger partial charge on any atom is -0.351 e. The molecular formula is C20H21F3N2O. The van der Waals surface area contributed by atoms with Crippen molar-refractivity contribution >= 4 is 5.91 Å². The number of hydrogen-bond donors (Lipinski definition) is 2. The van der Waals surface area contributed by atoms with Gasteiger partial charge in [0.1, 0.15) is 5.82 Å². The minimum atomic E-state index is -2.46. The van der Waals surface area contributed by atoms with E-state index in [0.717, 1.165) is 11.1 Å². The molecule has 1 aliphatic rings. The van der Waals surface area contributed by atoms with Crippen LogP contribution in [0.15, 0.2) is 48.5 Å². The van der Waals surface area contributed by atoms with Crippen molar-refractivity contribution in [1.82, 2.24) is 10.6 Å². The van der Waals surface area contributed by atoms with Crippen molar-refractivity contribution < 1.29 is 18.0 Å². The summed E-state index contributed by atoms with van der Waals surface area (Å²) >= 11 is 0. The SMILES string of the molecule is CC(C(=O)N[C@@H]1Cc2ccccc2[C@H]1NCC(F)F)c1ccc(F)cc1. The Morgan fingerprint density at radius 1 is 1.15 bits per heavy atom. The Bertz CT molecular complexity index is 764. The van der Waals surface area contributed by atoms with Crippen molar-refractivity contribution in [3.8, 4) is 0 Å². The monoisotopic (exact) mass is 362 g/mol. The van der Waals surface area contributed by atoms with E-state index in [1.54, 1.807) is 19.1 Å². The fourth-order valence-electron chi connectivity index (χ4n) is 3.41. The zero-order valence-corrected chi connectivity index (χ0v) is 14.4. The maximum absolute atomic E-state index is 13.1. The fourth-order valence-corrected chi connectivity index (χ4v) is 3.41. The van der Waals surface area contributed by atoms with Gasteiger partial charge in [0.2, 0.25) is 5.91 Å². The van der Waals surface area contributed by atoms with Crippen LogP contribution in [-0.2, 0) is 11.2 Å². The Kier molecular flexibility index (Phi) is 5.61. The van der Waals surface area contributed by atoms with Crippen LogP contribution in [0, 0.1) is 5.82 Å². The fraction of sp³-hybridized carbons (Fsp3) is 0.350. The molecule has 138 valence electrons. The molecule has 3 rings (SSSR count). The molecule has 2 N–H and O–H groups in total. The lowest BCUT2D eigenvalue weighted by molar-refractivity contribution is -0.123. The Labute approximate surface area is 150 Å². The molecule has 3 nitrogen and oxygen atoms in total. The van der Waals surface area contributed by atoms with E-state index < -0.39 is 18.9 Å². The number of nitrogens with one attached hydrogen (secondary N) is 2. The first-order valence-corrected chi connectivity index (χ1v) is 8.61. The lowest BCUT2D eigenvalue weighted by Gasteiger charge is -2.24. The van der Waals surface area contributed by atoms with E-state index in [1.165, 1.54) is 12.1 Å². The number of benzene rings is 2. The van der Waals surface area contributed by atoms with Crippen LogP contribution >= 0.6 is 0 Å². The maximum Gasteiger partial charge on any atom is 0.250 e. The van der Waals surface area contributed by atoms with Gasteiger partial charge in [0.15, 0.2) is 0 Å². The molecule has 1 aliphatic carbocycles. The molecule has 0 heterocycles. The summed E-state index contributed by atoms with van der Waals surface area (Å²) in [7, 11) is 0. The second-order valence-corrected chi connectivity index (χ2v) is 6.57. The second-order valence-electron chi connectivity index (χ2n) is 6.57. The predicted molar refractivity (Wildman–Crippen MR) is 93.6 cm³/mol. The van der Waals surface area contributed by atoms with E-state index in [2.05, 4.69) is 10.6 Å². The van der Waals surface area contributed by atoms with Crippen molar-refractivity contribution in [3.05, 3.63) is 71.0 Å². The molecule has 0 saturated carbocycles. The Hall–Kier alpha value is -2.34. The summed E-state index contributed by atoms with van der Waals surface area (Å²) in [5.74, 6) is -1.03. The first-order valence-electron chi connectivity index (χ1n) is 8.61. The summed E-state index contributed by atoms with van der Waals surface area (Å²) in [6, 6.07) is 12.7. The summed E-state index contributed by atoms with van der Waals surface area (Å²) in [5, 5.41) is 5.84. The molecular weight excluding hydrogens is 341 g/mol. The first kappa shape index (κ1) is 18.5. The highest BCUT2D eigenvalue weighted by Crippen LogP contribution is 2.32. The molecule has 6 heteroatoms. The molecule has 0 aromatic heterocycles. The highest BCUT2D eigenvalue weighted by atomic mass is 19.3. The van der Waals surface area contributed by atoms with Crippen LogP contribution in [0.2, 0.25) is 0 Å². The average Bonchev–Trinajstić information content (AvgIpc) is 2.97.